The van der Waals surface area contributed by atoms with Crippen LogP contribution in [0.3, 0.4) is 0 Å². The molecule has 0 unspecified atom stereocenters. The Bertz CT molecular complexity index is 1430. The van der Waals surface area contributed by atoms with Gasteiger partial charge in [-0.2, -0.15) is 0 Å². The number of amides is 4. The van der Waals surface area contributed by atoms with Crippen LogP contribution in [0.25, 0.3) is 6.08 Å². The largest absolute Gasteiger partial charge is 0.493 e. The molecule has 0 spiro atoms. The predicted octanol–water partition coefficient (Wildman–Crippen LogP) is 4.92. The molecule has 1 fully saturated rings. The topological polar surface area (TPSA) is 128 Å². The molecule has 1 aliphatic rings. The fourth-order valence-electron chi connectivity index (χ4n) is 3.59. The van der Waals surface area contributed by atoms with Crippen LogP contribution in [-0.2, 0) is 16.2 Å². The number of carbonyl (C=O) groups is 3. The number of non-ortho nitro benzene ring substituents is 1. The summed E-state index contributed by atoms with van der Waals surface area (Å²) in [5.74, 6) is -0.893. The summed E-state index contributed by atoms with van der Waals surface area (Å²) in [7, 11) is 1.44. The van der Waals surface area contributed by atoms with E-state index in [1.807, 2.05) is 6.92 Å². The van der Waals surface area contributed by atoms with Gasteiger partial charge in [0.2, 0.25) is 0 Å². The molecule has 10 nitrogen and oxygen atoms in total. The summed E-state index contributed by atoms with van der Waals surface area (Å²) in [5, 5.41) is 13.0. The molecule has 1 aliphatic heterocycles. The summed E-state index contributed by atoms with van der Waals surface area (Å²) in [6.07, 6.45) is 1.36. The molecule has 11 heteroatoms. The minimum atomic E-state index is -0.829. The fraction of sp³-hybridized carbons (Fsp3) is 0.115. The Morgan fingerprint density at radius 3 is 2.35 bits per heavy atom. The molecule has 188 valence electrons. The van der Waals surface area contributed by atoms with E-state index in [1.165, 1.54) is 25.3 Å². The van der Waals surface area contributed by atoms with Gasteiger partial charge in [0.1, 0.15) is 12.2 Å². The summed E-state index contributed by atoms with van der Waals surface area (Å²) in [5.41, 5.74) is 2.19. The van der Waals surface area contributed by atoms with Crippen molar-refractivity contribution in [2.45, 2.75) is 13.5 Å². The SMILES string of the molecule is COc1cc(/C=C2\C(=O)NC(=O)N(c3ccc(C)cc3)C2=O)cc(Br)c1OCc1ccc([N+](=O)[O-])cc1. The molecule has 1 N–H and O–H groups in total. The number of ether oxygens (including phenoxy) is 2. The molecule has 0 bridgehead atoms. The van der Waals surface area contributed by atoms with Gasteiger partial charge < -0.3 is 9.47 Å². The number of nitrogens with one attached hydrogen (secondary N) is 1. The summed E-state index contributed by atoms with van der Waals surface area (Å²) in [6, 6.07) is 15.1. The Morgan fingerprint density at radius 1 is 1.05 bits per heavy atom. The van der Waals surface area contributed by atoms with Gasteiger partial charge >= 0.3 is 6.03 Å². The number of methoxy groups -OCH3 is 1. The summed E-state index contributed by atoms with van der Waals surface area (Å²) in [6.45, 7) is 1.99. The molecular formula is C26H20BrN3O7. The molecule has 0 saturated carbocycles. The van der Waals surface area contributed by atoms with Crippen molar-refractivity contribution in [2.75, 3.05) is 12.0 Å². The van der Waals surface area contributed by atoms with Crippen LogP contribution >= 0.6 is 15.9 Å². The van der Waals surface area contributed by atoms with E-state index < -0.39 is 22.8 Å². The first-order valence-corrected chi connectivity index (χ1v) is 11.7. The number of carbonyl (C=O) groups excluding carboxylic acids is 3. The highest BCUT2D eigenvalue weighted by molar-refractivity contribution is 9.10. The van der Waals surface area contributed by atoms with E-state index in [9.17, 15) is 24.5 Å². The molecule has 0 aliphatic carbocycles. The number of hydrogen-bond donors (Lipinski definition) is 1. The number of aryl methyl sites for hydroxylation is 1. The van der Waals surface area contributed by atoms with Crippen molar-refractivity contribution < 1.29 is 28.8 Å². The second-order valence-corrected chi connectivity index (χ2v) is 8.89. The molecule has 1 heterocycles. The first kappa shape index (κ1) is 25.6. The van der Waals surface area contributed by atoms with Crippen LogP contribution in [0.4, 0.5) is 16.2 Å². The summed E-state index contributed by atoms with van der Waals surface area (Å²) >= 11 is 3.43. The normalized spacial score (nSPS) is 14.5. The van der Waals surface area contributed by atoms with Crippen molar-refractivity contribution in [1.29, 1.82) is 0 Å². The van der Waals surface area contributed by atoms with E-state index in [1.54, 1.807) is 48.5 Å². The van der Waals surface area contributed by atoms with Gasteiger partial charge in [-0.1, -0.05) is 17.7 Å². The summed E-state index contributed by atoms with van der Waals surface area (Å²) in [4.78, 5) is 49.3. The molecule has 3 aromatic rings. The van der Waals surface area contributed by atoms with Crippen molar-refractivity contribution in [3.8, 4) is 11.5 Å². The van der Waals surface area contributed by atoms with E-state index in [0.717, 1.165) is 10.5 Å². The van der Waals surface area contributed by atoms with Crippen molar-refractivity contribution in [3.63, 3.8) is 0 Å². The number of nitrogens with zero attached hydrogens (tertiary/aromatic N) is 2. The quantitative estimate of drug-likeness (QED) is 0.186. The van der Waals surface area contributed by atoms with Crippen molar-refractivity contribution in [1.82, 2.24) is 5.32 Å². The van der Waals surface area contributed by atoms with Gasteiger partial charge in [-0.25, -0.2) is 9.69 Å². The third-order valence-corrected chi connectivity index (χ3v) is 6.08. The number of rotatable bonds is 7. The zero-order valence-corrected chi connectivity index (χ0v) is 21.3. The molecule has 0 radical (unpaired) electrons. The number of benzene rings is 3. The van der Waals surface area contributed by atoms with Crippen LogP contribution in [0.15, 0.2) is 70.7 Å². The van der Waals surface area contributed by atoms with Crippen LogP contribution in [0.1, 0.15) is 16.7 Å². The van der Waals surface area contributed by atoms with Gasteiger partial charge in [0, 0.05) is 12.1 Å². The lowest BCUT2D eigenvalue weighted by molar-refractivity contribution is -0.384. The zero-order chi connectivity index (χ0) is 26.7. The molecule has 0 atom stereocenters. The maximum Gasteiger partial charge on any atom is 0.335 e. The van der Waals surface area contributed by atoms with E-state index in [4.69, 9.17) is 9.47 Å². The van der Waals surface area contributed by atoms with Gasteiger partial charge in [0.25, 0.3) is 17.5 Å². The van der Waals surface area contributed by atoms with E-state index in [0.29, 0.717) is 32.8 Å². The Balaban J connectivity index is 1.60. The van der Waals surface area contributed by atoms with Gasteiger partial charge in [0.05, 0.1) is 22.2 Å². The van der Waals surface area contributed by atoms with Crippen LogP contribution in [-0.4, -0.2) is 29.9 Å². The lowest BCUT2D eigenvalue weighted by atomic mass is 10.1. The Morgan fingerprint density at radius 2 is 1.73 bits per heavy atom. The first-order chi connectivity index (χ1) is 17.7. The number of halogens is 1. The Labute approximate surface area is 219 Å². The van der Waals surface area contributed by atoms with E-state index in [2.05, 4.69) is 21.2 Å². The minimum absolute atomic E-state index is 0.0242. The lowest BCUT2D eigenvalue weighted by Gasteiger charge is -2.26. The summed E-state index contributed by atoms with van der Waals surface area (Å²) < 4.78 is 11.8. The molecule has 4 rings (SSSR count). The van der Waals surface area contributed by atoms with E-state index in [-0.39, 0.29) is 17.9 Å². The third-order valence-electron chi connectivity index (χ3n) is 5.49. The average Bonchev–Trinajstić information content (AvgIpc) is 2.87. The Kier molecular flexibility index (Phi) is 7.35. The van der Waals surface area contributed by atoms with Crippen LogP contribution in [0, 0.1) is 17.0 Å². The number of imide groups is 2. The molecule has 4 amide bonds. The highest BCUT2D eigenvalue weighted by Crippen LogP contribution is 2.38. The molecule has 37 heavy (non-hydrogen) atoms. The molecular weight excluding hydrogens is 546 g/mol. The number of nitro benzene ring substituents is 1. The smallest absolute Gasteiger partial charge is 0.335 e. The predicted molar refractivity (Wildman–Crippen MR) is 138 cm³/mol. The Hall–Kier alpha value is -4.51. The standard InChI is InChI=1S/C26H20BrN3O7/c1-15-3-7-18(8-4-15)29-25(32)20(24(31)28-26(29)33)11-17-12-21(27)23(22(13-17)36-2)37-14-16-5-9-19(10-6-16)30(34)35/h3-13H,14H2,1-2H3,(H,28,31,33)/b20-11+. The van der Waals surface area contributed by atoms with Gasteiger partial charge in [-0.15, -0.1) is 0 Å². The highest BCUT2D eigenvalue weighted by Gasteiger charge is 2.36. The van der Waals surface area contributed by atoms with Crippen molar-refractivity contribution >= 4 is 51.2 Å². The van der Waals surface area contributed by atoms with Gasteiger partial charge in [-0.05, 0) is 76.5 Å². The maximum absolute atomic E-state index is 13.1. The molecule has 0 aromatic heterocycles. The second-order valence-electron chi connectivity index (χ2n) is 8.04. The average molecular weight is 566 g/mol. The van der Waals surface area contributed by atoms with E-state index >= 15 is 0 Å². The number of barbiturate groups is 1. The first-order valence-electron chi connectivity index (χ1n) is 10.9. The van der Waals surface area contributed by atoms with Crippen LogP contribution in [0.2, 0.25) is 0 Å². The molecule has 1 saturated heterocycles. The van der Waals surface area contributed by atoms with Gasteiger partial charge in [-0.3, -0.25) is 25.0 Å². The van der Waals surface area contributed by atoms with Gasteiger partial charge in [0.15, 0.2) is 11.5 Å². The monoisotopic (exact) mass is 565 g/mol. The molecule has 3 aromatic carbocycles. The van der Waals surface area contributed by atoms with Crippen LogP contribution < -0.4 is 19.7 Å². The van der Waals surface area contributed by atoms with Crippen molar-refractivity contribution in [2.24, 2.45) is 0 Å². The van der Waals surface area contributed by atoms with Crippen LogP contribution in [0.5, 0.6) is 11.5 Å². The van der Waals surface area contributed by atoms with Crippen molar-refractivity contribution in [3.05, 3.63) is 97.5 Å². The highest BCUT2D eigenvalue weighted by atomic mass is 79.9. The number of anilines is 1. The second kappa shape index (κ2) is 10.6. The maximum atomic E-state index is 13.1. The number of urea groups is 1. The third kappa shape index (κ3) is 5.51. The minimum Gasteiger partial charge on any atom is -0.493 e. The number of nitro groups is 1. The zero-order valence-electron chi connectivity index (χ0n) is 19.7. The fourth-order valence-corrected chi connectivity index (χ4v) is 4.16. The number of hydrogen-bond acceptors (Lipinski definition) is 7. The lowest BCUT2D eigenvalue weighted by Crippen LogP contribution is -2.54.